The highest BCUT2D eigenvalue weighted by Gasteiger charge is 2.02. The summed E-state index contributed by atoms with van der Waals surface area (Å²) in [6.45, 7) is 0. The van der Waals surface area contributed by atoms with Gasteiger partial charge in [0.2, 0.25) is 0 Å². The van der Waals surface area contributed by atoms with Crippen LogP contribution in [-0.4, -0.2) is 9.97 Å². The number of rotatable bonds is 3. The molecule has 5 heteroatoms. The molecular weight excluding hydrogens is 238 g/mol. The first-order valence-corrected chi connectivity index (χ1v) is 5.90. The second kappa shape index (κ2) is 4.91. The molecule has 2 heterocycles. The van der Waals surface area contributed by atoms with Gasteiger partial charge in [0.1, 0.15) is 11.6 Å². The zero-order valence-corrected chi connectivity index (χ0v) is 10.2. The molecule has 4 N–H and O–H groups in total. The van der Waals surface area contributed by atoms with Gasteiger partial charge in [0, 0.05) is 23.5 Å². The van der Waals surface area contributed by atoms with E-state index in [4.69, 9.17) is 5.84 Å². The van der Waals surface area contributed by atoms with Gasteiger partial charge in [-0.2, -0.15) is 0 Å². The molecule has 0 spiro atoms. The summed E-state index contributed by atoms with van der Waals surface area (Å²) in [6.07, 6.45) is 3.62. The summed E-state index contributed by atoms with van der Waals surface area (Å²) in [7, 11) is 0. The van der Waals surface area contributed by atoms with Crippen LogP contribution in [-0.2, 0) is 0 Å². The summed E-state index contributed by atoms with van der Waals surface area (Å²) >= 11 is 0. The van der Waals surface area contributed by atoms with Crippen molar-refractivity contribution in [1.82, 2.24) is 9.97 Å². The molecule has 0 fully saturated rings. The van der Waals surface area contributed by atoms with Gasteiger partial charge in [-0.25, -0.2) is 10.8 Å². The number of nitrogen functional groups attached to an aromatic ring is 1. The number of nitrogens with one attached hydrogen (secondary N) is 2. The maximum Gasteiger partial charge on any atom is 0.142 e. The van der Waals surface area contributed by atoms with Gasteiger partial charge in [-0.15, -0.1) is 0 Å². The number of hydrogen-bond donors (Lipinski definition) is 3. The topological polar surface area (TPSA) is 75.9 Å². The number of hydrazine groups is 1. The number of nitrogens with zero attached hydrogens (tertiary/aromatic N) is 2. The number of fused-ring (bicyclic) bond motifs is 1. The average molecular weight is 251 g/mol. The molecule has 0 aliphatic heterocycles. The van der Waals surface area contributed by atoms with Gasteiger partial charge >= 0.3 is 0 Å². The first-order valence-electron chi connectivity index (χ1n) is 5.90. The molecule has 0 unspecified atom stereocenters. The maximum absolute atomic E-state index is 5.35. The van der Waals surface area contributed by atoms with Crippen molar-refractivity contribution in [3.63, 3.8) is 0 Å². The Balaban J connectivity index is 2.01. The van der Waals surface area contributed by atoms with Crippen molar-refractivity contribution in [2.24, 2.45) is 5.84 Å². The minimum absolute atomic E-state index is 0.614. The van der Waals surface area contributed by atoms with Gasteiger partial charge in [-0.05, 0) is 29.7 Å². The fourth-order valence-corrected chi connectivity index (χ4v) is 1.95. The van der Waals surface area contributed by atoms with Gasteiger partial charge in [0.15, 0.2) is 0 Å². The van der Waals surface area contributed by atoms with Gasteiger partial charge in [-0.3, -0.25) is 4.98 Å². The normalized spacial score (nSPS) is 10.4. The van der Waals surface area contributed by atoms with E-state index >= 15 is 0 Å². The van der Waals surface area contributed by atoms with Crippen LogP contribution in [0.5, 0.6) is 0 Å². The fourth-order valence-electron chi connectivity index (χ4n) is 1.95. The zero-order chi connectivity index (χ0) is 13.1. The van der Waals surface area contributed by atoms with Gasteiger partial charge < -0.3 is 10.7 Å². The molecule has 0 saturated heterocycles. The van der Waals surface area contributed by atoms with Gasteiger partial charge in [-0.1, -0.05) is 18.2 Å². The summed E-state index contributed by atoms with van der Waals surface area (Å²) in [6, 6.07) is 13.6. The van der Waals surface area contributed by atoms with E-state index in [2.05, 4.69) is 20.7 Å². The van der Waals surface area contributed by atoms with E-state index in [1.165, 1.54) is 0 Å². The third kappa shape index (κ3) is 2.31. The quantitative estimate of drug-likeness (QED) is 0.493. The Labute approximate surface area is 110 Å². The van der Waals surface area contributed by atoms with Crippen LogP contribution < -0.4 is 16.6 Å². The van der Waals surface area contributed by atoms with Crippen LogP contribution in [0.4, 0.5) is 17.3 Å². The van der Waals surface area contributed by atoms with Crippen LogP contribution >= 0.6 is 0 Å². The number of aromatic nitrogens is 2. The first kappa shape index (κ1) is 11.4. The molecule has 3 aromatic rings. The van der Waals surface area contributed by atoms with Crippen LogP contribution in [0, 0.1) is 0 Å². The molecule has 94 valence electrons. The first-order chi connectivity index (χ1) is 9.36. The lowest BCUT2D eigenvalue weighted by Gasteiger charge is -2.09. The predicted molar refractivity (Wildman–Crippen MR) is 77.1 cm³/mol. The van der Waals surface area contributed by atoms with Crippen molar-refractivity contribution in [3.05, 3.63) is 54.9 Å². The standard InChI is InChI=1S/C14H13N5/c15-19-14-6-2-5-13(18-14)17-12-4-1-3-10-7-8-16-9-11(10)12/h1-9H,15H2,(H2,17,18,19). The van der Waals surface area contributed by atoms with Crippen molar-refractivity contribution in [1.29, 1.82) is 0 Å². The predicted octanol–water partition coefficient (Wildman–Crippen LogP) is 2.66. The SMILES string of the molecule is NNc1cccc(Nc2cccc3ccncc23)n1. The Bertz CT molecular complexity index is 706. The van der Waals surface area contributed by atoms with Gasteiger partial charge in [0.25, 0.3) is 0 Å². The van der Waals surface area contributed by atoms with E-state index in [-0.39, 0.29) is 0 Å². The molecule has 3 rings (SSSR count). The van der Waals surface area contributed by atoms with Crippen LogP contribution in [0.1, 0.15) is 0 Å². The summed E-state index contributed by atoms with van der Waals surface area (Å²) in [4.78, 5) is 8.48. The van der Waals surface area contributed by atoms with E-state index in [0.717, 1.165) is 22.3 Å². The molecule has 1 aromatic carbocycles. The summed E-state index contributed by atoms with van der Waals surface area (Å²) < 4.78 is 0. The monoisotopic (exact) mass is 251 g/mol. The smallest absolute Gasteiger partial charge is 0.142 e. The van der Waals surface area contributed by atoms with E-state index in [9.17, 15) is 0 Å². The minimum atomic E-state index is 0.614. The lowest BCUT2D eigenvalue weighted by atomic mass is 10.1. The lowest BCUT2D eigenvalue weighted by Crippen LogP contribution is -2.08. The van der Waals surface area contributed by atoms with E-state index in [1.54, 1.807) is 12.3 Å². The largest absolute Gasteiger partial charge is 0.340 e. The van der Waals surface area contributed by atoms with Crippen LogP contribution in [0.15, 0.2) is 54.9 Å². The Hall–Kier alpha value is -2.66. The zero-order valence-electron chi connectivity index (χ0n) is 10.2. The number of anilines is 3. The van der Waals surface area contributed by atoms with Gasteiger partial charge in [0.05, 0.1) is 0 Å². The highest BCUT2D eigenvalue weighted by Crippen LogP contribution is 2.25. The number of pyridine rings is 2. The second-order valence-corrected chi connectivity index (χ2v) is 4.08. The molecule has 0 atom stereocenters. The molecule has 0 bridgehead atoms. The Kier molecular flexibility index (Phi) is 2.96. The Morgan fingerprint density at radius 3 is 2.68 bits per heavy atom. The number of benzene rings is 1. The van der Waals surface area contributed by atoms with Crippen LogP contribution in [0.3, 0.4) is 0 Å². The maximum atomic E-state index is 5.35. The van der Waals surface area contributed by atoms with Crippen LogP contribution in [0.25, 0.3) is 10.8 Å². The molecule has 2 aromatic heterocycles. The molecule has 0 amide bonds. The molecule has 19 heavy (non-hydrogen) atoms. The Morgan fingerprint density at radius 2 is 1.79 bits per heavy atom. The molecule has 0 radical (unpaired) electrons. The van der Waals surface area contributed by atoms with Crippen molar-refractivity contribution >= 4 is 28.1 Å². The minimum Gasteiger partial charge on any atom is -0.340 e. The van der Waals surface area contributed by atoms with E-state index in [0.29, 0.717) is 5.82 Å². The second-order valence-electron chi connectivity index (χ2n) is 4.08. The highest BCUT2D eigenvalue weighted by molar-refractivity contribution is 5.94. The summed E-state index contributed by atoms with van der Waals surface area (Å²) in [5.74, 6) is 6.70. The molecular formula is C14H13N5. The third-order valence-electron chi connectivity index (χ3n) is 2.84. The van der Waals surface area contributed by atoms with E-state index < -0.39 is 0 Å². The Morgan fingerprint density at radius 1 is 0.947 bits per heavy atom. The highest BCUT2D eigenvalue weighted by atomic mass is 15.3. The number of nitrogens with two attached hydrogens (primary N) is 1. The van der Waals surface area contributed by atoms with Crippen molar-refractivity contribution in [2.75, 3.05) is 10.7 Å². The lowest BCUT2D eigenvalue weighted by molar-refractivity contribution is 1.23. The number of hydrogen-bond acceptors (Lipinski definition) is 5. The van der Waals surface area contributed by atoms with Crippen molar-refractivity contribution < 1.29 is 0 Å². The third-order valence-corrected chi connectivity index (χ3v) is 2.84. The molecule has 5 nitrogen and oxygen atoms in total. The summed E-state index contributed by atoms with van der Waals surface area (Å²) in [5.41, 5.74) is 3.49. The molecule has 0 saturated carbocycles. The summed E-state index contributed by atoms with van der Waals surface area (Å²) in [5, 5.41) is 5.46. The molecule has 0 aliphatic carbocycles. The molecule has 0 aliphatic rings. The van der Waals surface area contributed by atoms with Crippen LogP contribution in [0.2, 0.25) is 0 Å². The van der Waals surface area contributed by atoms with Crippen molar-refractivity contribution in [2.45, 2.75) is 0 Å². The van der Waals surface area contributed by atoms with E-state index in [1.807, 2.05) is 42.6 Å². The van der Waals surface area contributed by atoms with Crippen molar-refractivity contribution in [3.8, 4) is 0 Å². The fraction of sp³-hybridized carbons (Fsp3) is 0. The average Bonchev–Trinajstić information content (AvgIpc) is 2.48.